The maximum atomic E-state index is 14.3. The molecule has 1 N–H and O–H groups in total. The second kappa shape index (κ2) is 11.2. The molecule has 1 aliphatic rings. The number of Topliss-reactive ketones (excluding diaryl/α,β-unsaturated/α-hetero) is 1. The number of benzene rings is 2. The van der Waals surface area contributed by atoms with Crippen LogP contribution in [-0.4, -0.2) is 36.9 Å². The van der Waals surface area contributed by atoms with E-state index in [0.717, 1.165) is 31.4 Å². The van der Waals surface area contributed by atoms with Crippen LogP contribution in [0.4, 0.5) is 5.69 Å². The number of nitrogens with zero attached hydrogens (tertiary/aromatic N) is 1. The Hall–Kier alpha value is -1.72. The second-order valence-electron chi connectivity index (χ2n) is 8.43. The molecule has 1 amide bonds. The van der Waals surface area contributed by atoms with Gasteiger partial charge in [0.15, 0.2) is 11.8 Å². The van der Waals surface area contributed by atoms with Crippen molar-refractivity contribution in [2.45, 2.75) is 64.1 Å². The maximum Gasteiger partial charge on any atom is 0.344 e. The van der Waals surface area contributed by atoms with E-state index < -0.39 is 6.04 Å². The average Bonchev–Trinajstić information content (AvgIpc) is 2.76. The lowest BCUT2D eigenvalue weighted by molar-refractivity contribution is -0.136. The van der Waals surface area contributed by atoms with Crippen LogP contribution in [0.3, 0.4) is 0 Å². The minimum atomic E-state index is -0.921. The Kier molecular flexibility index (Phi) is 9.26. The molecule has 0 aromatic heterocycles. The predicted octanol–water partition coefficient (Wildman–Crippen LogP) is 5.81. The lowest BCUT2D eigenvalue weighted by atomic mass is 9.88. The van der Waals surface area contributed by atoms with E-state index in [-0.39, 0.29) is 40.7 Å². The molecule has 2 aromatic carbocycles. The highest BCUT2D eigenvalue weighted by atomic mass is 35.5. The third-order valence-corrected chi connectivity index (χ3v) is 6.69. The van der Waals surface area contributed by atoms with Crippen LogP contribution in [0.1, 0.15) is 56.3 Å². The molecule has 31 heavy (non-hydrogen) atoms. The summed E-state index contributed by atoms with van der Waals surface area (Å²) in [5, 5.41) is 3.60. The zero-order valence-electron chi connectivity index (χ0n) is 18.5. The van der Waals surface area contributed by atoms with Crippen molar-refractivity contribution in [3.05, 3.63) is 65.2 Å². The van der Waals surface area contributed by atoms with Gasteiger partial charge in [-0.25, -0.2) is 9.28 Å². The van der Waals surface area contributed by atoms with Gasteiger partial charge in [-0.15, -0.1) is 12.4 Å². The fourth-order valence-electron chi connectivity index (χ4n) is 5.02. The summed E-state index contributed by atoms with van der Waals surface area (Å²) >= 11 is 5.99. The van der Waals surface area contributed by atoms with Gasteiger partial charge in [-0.2, -0.15) is 0 Å². The molecule has 3 rings (SSSR count). The first kappa shape index (κ1) is 25.5. The van der Waals surface area contributed by atoms with Crippen molar-refractivity contribution in [3.63, 3.8) is 0 Å². The van der Waals surface area contributed by atoms with E-state index in [1.807, 2.05) is 30.3 Å². The number of hydrogen-bond acceptors (Lipinski definition) is 3. The maximum absolute atomic E-state index is 14.3. The third kappa shape index (κ3) is 5.04. The van der Waals surface area contributed by atoms with E-state index in [1.54, 1.807) is 31.3 Å². The van der Waals surface area contributed by atoms with Crippen LogP contribution >= 0.6 is 24.0 Å². The van der Waals surface area contributed by atoms with Crippen LogP contribution in [0, 0.1) is 0 Å². The smallest absolute Gasteiger partial charge is 0.299 e. The van der Waals surface area contributed by atoms with Gasteiger partial charge in [-0.05, 0) is 70.1 Å². The zero-order chi connectivity index (χ0) is 21.7. The highest BCUT2D eigenvalue weighted by Gasteiger charge is 2.52. The van der Waals surface area contributed by atoms with Crippen molar-refractivity contribution in [2.24, 2.45) is 0 Å². The summed E-state index contributed by atoms with van der Waals surface area (Å²) < 4.78 is 0.200. The summed E-state index contributed by atoms with van der Waals surface area (Å²) in [5.41, 5.74) is 1.46. The van der Waals surface area contributed by atoms with Gasteiger partial charge in [0.2, 0.25) is 0 Å². The van der Waals surface area contributed by atoms with Crippen LogP contribution in [0.25, 0.3) is 0 Å². The second-order valence-corrected chi connectivity index (χ2v) is 8.87. The summed E-state index contributed by atoms with van der Waals surface area (Å²) in [6.07, 6.45) is 5.42. The molecule has 2 unspecified atom stereocenters. The summed E-state index contributed by atoms with van der Waals surface area (Å²) in [6.45, 7) is 4.19. The van der Waals surface area contributed by atoms with Gasteiger partial charge >= 0.3 is 5.91 Å². The van der Waals surface area contributed by atoms with Gasteiger partial charge in [0.1, 0.15) is 11.7 Å². The number of halogens is 2. The summed E-state index contributed by atoms with van der Waals surface area (Å²) in [7, 11) is 1.69. The highest BCUT2D eigenvalue weighted by Crippen LogP contribution is 2.38. The first-order valence-corrected chi connectivity index (χ1v) is 11.3. The molecule has 1 saturated carbocycles. The monoisotopic (exact) mass is 463 g/mol. The number of para-hydroxylation sites is 1. The zero-order valence-corrected chi connectivity index (χ0v) is 20.1. The Balaban J connectivity index is 0.00000341. The molecular formula is C25H33Cl2N2O2+. The van der Waals surface area contributed by atoms with Gasteiger partial charge < -0.3 is 0 Å². The van der Waals surface area contributed by atoms with E-state index >= 15 is 0 Å². The molecule has 0 heterocycles. The SMILES string of the molecule is CNC(C(=O)c1ccc(Cl)cc1)C(=O)[N+](c1ccccc1)(C(C)C)C1CCCCC1.Cl. The summed E-state index contributed by atoms with van der Waals surface area (Å²) in [5.74, 6) is -0.292. The molecule has 6 heteroatoms. The number of carbonyl (C=O) groups is 2. The number of amides is 1. The van der Waals surface area contributed by atoms with E-state index in [9.17, 15) is 9.59 Å². The van der Waals surface area contributed by atoms with Crippen molar-refractivity contribution in [3.8, 4) is 0 Å². The van der Waals surface area contributed by atoms with Gasteiger partial charge in [0.25, 0.3) is 0 Å². The fraction of sp³-hybridized carbons (Fsp3) is 0.440. The van der Waals surface area contributed by atoms with Crippen molar-refractivity contribution in [2.75, 3.05) is 7.05 Å². The van der Waals surface area contributed by atoms with Crippen molar-refractivity contribution in [1.82, 2.24) is 9.80 Å². The summed E-state index contributed by atoms with van der Waals surface area (Å²) in [6, 6.07) is 16.0. The molecule has 4 nitrogen and oxygen atoms in total. The molecule has 1 fully saturated rings. The first-order chi connectivity index (χ1) is 14.4. The number of nitrogens with one attached hydrogen (secondary N) is 1. The number of carbonyl (C=O) groups excluding carboxylic acids is 2. The van der Waals surface area contributed by atoms with Crippen LogP contribution < -0.4 is 9.80 Å². The van der Waals surface area contributed by atoms with Gasteiger partial charge in [-0.3, -0.25) is 10.1 Å². The Morgan fingerprint density at radius 2 is 1.55 bits per heavy atom. The van der Waals surface area contributed by atoms with Gasteiger partial charge in [0, 0.05) is 23.4 Å². The van der Waals surface area contributed by atoms with E-state index in [4.69, 9.17) is 11.6 Å². The van der Waals surface area contributed by atoms with Crippen LogP contribution in [0.15, 0.2) is 54.6 Å². The third-order valence-electron chi connectivity index (χ3n) is 6.44. The number of likely N-dealkylation sites (N-methyl/N-ethyl adjacent to an activating group) is 1. The molecule has 0 aliphatic heterocycles. The quantitative estimate of drug-likeness (QED) is 0.320. The molecule has 2 atom stereocenters. The van der Waals surface area contributed by atoms with Crippen LogP contribution in [0.2, 0.25) is 5.02 Å². The van der Waals surface area contributed by atoms with E-state index in [0.29, 0.717) is 10.6 Å². The number of hydrogen-bond donors (Lipinski definition) is 1. The lowest BCUT2D eigenvalue weighted by Crippen LogP contribution is -2.70. The van der Waals surface area contributed by atoms with Crippen LogP contribution in [-0.2, 0) is 4.79 Å². The van der Waals surface area contributed by atoms with Gasteiger partial charge in [-0.1, -0.05) is 36.2 Å². The standard InChI is InChI=1S/C25H32ClN2O2.ClH/c1-18(2)28(21-10-6-4-7-11-21,22-12-8-5-9-13-22)25(30)23(27-3)24(29)19-14-16-20(26)17-15-19;/h4,6-7,10-11,14-18,22-23,27H,5,8-9,12-13H2,1-3H3;1H/q+1;. The Morgan fingerprint density at radius 1 is 0.968 bits per heavy atom. The molecule has 1 aliphatic carbocycles. The Bertz CT molecular complexity index is 865. The molecule has 0 radical (unpaired) electrons. The van der Waals surface area contributed by atoms with Crippen molar-refractivity contribution >= 4 is 41.4 Å². The Labute approximate surface area is 197 Å². The average molecular weight is 464 g/mol. The lowest BCUT2D eigenvalue weighted by Gasteiger charge is -2.47. The molecule has 168 valence electrons. The van der Waals surface area contributed by atoms with E-state index in [1.165, 1.54) is 6.42 Å². The van der Waals surface area contributed by atoms with E-state index in [2.05, 4.69) is 19.2 Å². The minimum Gasteiger partial charge on any atom is -0.299 e. The Morgan fingerprint density at radius 3 is 2.06 bits per heavy atom. The molecular weight excluding hydrogens is 431 g/mol. The molecule has 0 bridgehead atoms. The van der Waals surface area contributed by atoms with Gasteiger partial charge in [0.05, 0.1) is 6.04 Å². The van der Waals surface area contributed by atoms with Crippen LogP contribution in [0.5, 0.6) is 0 Å². The fourth-order valence-corrected chi connectivity index (χ4v) is 5.14. The molecule has 0 saturated heterocycles. The topological polar surface area (TPSA) is 46.2 Å². The number of ketones is 1. The molecule has 2 aromatic rings. The molecule has 0 spiro atoms. The normalized spacial score (nSPS) is 17.5. The first-order valence-electron chi connectivity index (χ1n) is 10.9. The van der Waals surface area contributed by atoms with Crippen molar-refractivity contribution < 1.29 is 9.59 Å². The highest BCUT2D eigenvalue weighted by molar-refractivity contribution is 6.30. The predicted molar refractivity (Wildman–Crippen MR) is 131 cm³/mol. The summed E-state index contributed by atoms with van der Waals surface area (Å²) in [4.78, 5) is 27.7. The minimum absolute atomic E-state index is 0. The largest absolute Gasteiger partial charge is 0.344 e. The number of rotatable bonds is 7. The van der Waals surface area contributed by atoms with Crippen molar-refractivity contribution in [1.29, 1.82) is 0 Å². The number of quaternary nitrogens is 1.